The van der Waals surface area contributed by atoms with E-state index in [4.69, 9.17) is 5.73 Å². The van der Waals surface area contributed by atoms with E-state index in [-0.39, 0.29) is 10.8 Å². The van der Waals surface area contributed by atoms with Gasteiger partial charge in [0.15, 0.2) is 0 Å². The molecule has 0 saturated carbocycles. The van der Waals surface area contributed by atoms with Crippen LogP contribution in [-0.4, -0.2) is 50.0 Å². The molecule has 0 spiro atoms. The first kappa shape index (κ1) is 14.2. The fourth-order valence-electron chi connectivity index (χ4n) is 2.22. The standard InChI is InChI=1S/C11H19N5O2S/c1-16-4-2-3-9(8-16)5-15-19(17,18)10-6-13-11(12)14-7-10/h6-7,9,15H,2-5,8H2,1H3,(H2,12,13,14). The third-order valence-corrected chi connectivity index (χ3v) is 4.62. The predicted molar refractivity (Wildman–Crippen MR) is 71.9 cm³/mol. The number of likely N-dealkylation sites (tertiary alicyclic amines) is 1. The van der Waals surface area contributed by atoms with Crippen molar-refractivity contribution in [3.8, 4) is 0 Å². The molecule has 2 heterocycles. The molecule has 0 aliphatic carbocycles. The van der Waals surface area contributed by atoms with E-state index in [9.17, 15) is 8.42 Å². The van der Waals surface area contributed by atoms with E-state index < -0.39 is 10.0 Å². The Hall–Kier alpha value is -1.25. The van der Waals surface area contributed by atoms with Crippen LogP contribution in [0.2, 0.25) is 0 Å². The molecule has 1 unspecified atom stereocenters. The van der Waals surface area contributed by atoms with Crippen molar-refractivity contribution in [2.45, 2.75) is 17.7 Å². The van der Waals surface area contributed by atoms with Crippen molar-refractivity contribution in [3.63, 3.8) is 0 Å². The minimum absolute atomic E-state index is 0.0471. The minimum Gasteiger partial charge on any atom is -0.368 e. The van der Waals surface area contributed by atoms with E-state index in [1.807, 2.05) is 0 Å². The summed E-state index contributed by atoms with van der Waals surface area (Å²) in [5, 5.41) is 0. The third kappa shape index (κ3) is 3.85. The van der Waals surface area contributed by atoms with Gasteiger partial charge in [0, 0.05) is 13.1 Å². The van der Waals surface area contributed by atoms with Gasteiger partial charge >= 0.3 is 0 Å². The Balaban J connectivity index is 1.96. The number of piperidine rings is 1. The van der Waals surface area contributed by atoms with Crippen LogP contribution in [0.15, 0.2) is 17.3 Å². The number of nitrogens with two attached hydrogens (primary N) is 1. The first-order chi connectivity index (χ1) is 8.97. The fraction of sp³-hybridized carbons (Fsp3) is 0.636. The highest BCUT2D eigenvalue weighted by Gasteiger charge is 2.21. The topological polar surface area (TPSA) is 101 Å². The number of hydrogen-bond acceptors (Lipinski definition) is 6. The summed E-state index contributed by atoms with van der Waals surface area (Å²) in [5.41, 5.74) is 5.33. The molecule has 1 aliphatic rings. The lowest BCUT2D eigenvalue weighted by molar-refractivity contribution is 0.211. The number of sulfonamides is 1. The van der Waals surface area contributed by atoms with Crippen LogP contribution < -0.4 is 10.5 Å². The molecule has 0 radical (unpaired) electrons. The lowest BCUT2D eigenvalue weighted by Crippen LogP contribution is -2.39. The van der Waals surface area contributed by atoms with Gasteiger partial charge in [-0.1, -0.05) is 0 Å². The number of nitrogens with one attached hydrogen (secondary N) is 1. The van der Waals surface area contributed by atoms with Crippen molar-refractivity contribution in [1.29, 1.82) is 0 Å². The summed E-state index contributed by atoms with van der Waals surface area (Å²) in [5.74, 6) is 0.413. The average molecular weight is 285 g/mol. The van der Waals surface area contributed by atoms with Crippen LogP contribution in [0.3, 0.4) is 0 Å². The number of rotatable bonds is 4. The van der Waals surface area contributed by atoms with E-state index in [0.29, 0.717) is 12.5 Å². The molecule has 0 amide bonds. The lowest BCUT2D eigenvalue weighted by atomic mass is 9.99. The fourth-order valence-corrected chi connectivity index (χ4v) is 3.22. The molecule has 2 rings (SSSR count). The summed E-state index contributed by atoms with van der Waals surface area (Å²) >= 11 is 0. The third-order valence-electron chi connectivity index (χ3n) is 3.24. The summed E-state index contributed by atoms with van der Waals surface area (Å²) in [6, 6.07) is 0. The molecule has 1 saturated heterocycles. The van der Waals surface area contributed by atoms with Gasteiger partial charge in [-0.05, 0) is 32.4 Å². The second-order valence-electron chi connectivity index (χ2n) is 4.90. The zero-order chi connectivity index (χ0) is 13.9. The molecule has 8 heteroatoms. The van der Waals surface area contributed by atoms with Crippen molar-refractivity contribution in [3.05, 3.63) is 12.4 Å². The van der Waals surface area contributed by atoms with E-state index in [2.05, 4.69) is 26.6 Å². The van der Waals surface area contributed by atoms with Gasteiger partial charge in [0.2, 0.25) is 16.0 Å². The van der Waals surface area contributed by atoms with Gasteiger partial charge in [0.05, 0.1) is 12.4 Å². The molecule has 0 aromatic carbocycles. The smallest absolute Gasteiger partial charge is 0.243 e. The largest absolute Gasteiger partial charge is 0.368 e. The van der Waals surface area contributed by atoms with Crippen LogP contribution in [0.1, 0.15) is 12.8 Å². The highest BCUT2D eigenvalue weighted by molar-refractivity contribution is 7.89. The van der Waals surface area contributed by atoms with Crippen LogP contribution in [0.25, 0.3) is 0 Å². The van der Waals surface area contributed by atoms with Crippen LogP contribution >= 0.6 is 0 Å². The van der Waals surface area contributed by atoms with Gasteiger partial charge in [0.25, 0.3) is 0 Å². The van der Waals surface area contributed by atoms with E-state index in [1.54, 1.807) is 0 Å². The zero-order valence-corrected chi connectivity index (χ0v) is 11.7. The summed E-state index contributed by atoms with van der Waals surface area (Å²) < 4.78 is 26.7. The number of aromatic nitrogens is 2. The van der Waals surface area contributed by atoms with E-state index >= 15 is 0 Å². The van der Waals surface area contributed by atoms with Gasteiger partial charge in [-0.2, -0.15) is 0 Å². The maximum Gasteiger partial charge on any atom is 0.243 e. The van der Waals surface area contributed by atoms with Gasteiger partial charge in [-0.15, -0.1) is 0 Å². The summed E-state index contributed by atoms with van der Waals surface area (Å²) in [4.78, 5) is 9.65. The molecule has 1 aromatic rings. The first-order valence-electron chi connectivity index (χ1n) is 6.23. The van der Waals surface area contributed by atoms with Gasteiger partial charge in [-0.25, -0.2) is 23.1 Å². The Morgan fingerprint density at radius 2 is 2.16 bits per heavy atom. The number of nitrogen functional groups attached to an aromatic ring is 1. The Kier molecular flexibility index (Phi) is 4.33. The Bertz CT molecular complexity index is 516. The normalized spacial score (nSPS) is 21.4. The van der Waals surface area contributed by atoms with Gasteiger partial charge < -0.3 is 10.6 Å². The van der Waals surface area contributed by atoms with Crippen molar-refractivity contribution < 1.29 is 8.42 Å². The van der Waals surface area contributed by atoms with Crippen LogP contribution in [-0.2, 0) is 10.0 Å². The summed E-state index contributed by atoms with van der Waals surface area (Å²) in [6.45, 7) is 2.44. The monoisotopic (exact) mass is 285 g/mol. The second kappa shape index (κ2) is 5.81. The van der Waals surface area contributed by atoms with E-state index in [1.165, 1.54) is 12.4 Å². The molecule has 0 bridgehead atoms. The minimum atomic E-state index is -3.54. The average Bonchev–Trinajstić information content (AvgIpc) is 2.37. The van der Waals surface area contributed by atoms with E-state index in [0.717, 1.165) is 25.9 Å². The molecule has 1 fully saturated rings. The Labute approximate surface area is 113 Å². The molecule has 106 valence electrons. The molecular weight excluding hydrogens is 266 g/mol. The first-order valence-corrected chi connectivity index (χ1v) is 7.71. The van der Waals surface area contributed by atoms with Crippen molar-refractivity contribution >= 4 is 16.0 Å². The molecular formula is C11H19N5O2S. The Morgan fingerprint density at radius 3 is 2.79 bits per heavy atom. The molecule has 1 aromatic heterocycles. The van der Waals surface area contributed by atoms with Gasteiger partial charge in [-0.3, -0.25) is 0 Å². The maximum absolute atomic E-state index is 12.0. The quantitative estimate of drug-likeness (QED) is 0.786. The van der Waals surface area contributed by atoms with Crippen LogP contribution in [0, 0.1) is 5.92 Å². The molecule has 1 aliphatic heterocycles. The molecule has 19 heavy (non-hydrogen) atoms. The van der Waals surface area contributed by atoms with Crippen LogP contribution in [0.4, 0.5) is 5.95 Å². The number of anilines is 1. The predicted octanol–water partition coefficient (Wildman–Crippen LogP) is -0.321. The van der Waals surface area contributed by atoms with Crippen molar-refractivity contribution in [2.24, 2.45) is 5.92 Å². The van der Waals surface area contributed by atoms with Crippen molar-refractivity contribution in [1.82, 2.24) is 19.6 Å². The number of hydrogen-bond donors (Lipinski definition) is 2. The summed E-state index contributed by atoms with van der Waals surface area (Å²) in [7, 11) is -1.49. The second-order valence-corrected chi connectivity index (χ2v) is 6.67. The maximum atomic E-state index is 12.0. The van der Waals surface area contributed by atoms with Gasteiger partial charge in [0.1, 0.15) is 4.90 Å². The summed E-state index contributed by atoms with van der Waals surface area (Å²) in [6.07, 6.45) is 4.59. The lowest BCUT2D eigenvalue weighted by Gasteiger charge is -2.29. The van der Waals surface area contributed by atoms with Crippen molar-refractivity contribution in [2.75, 3.05) is 32.4 Å². The molecule has 3 N–H and O–H groups in total. The highest BCUT2D eigenvalue weighted by atomic mass is 32.2. The van der Waals surface area contributed by atoms with Crippen LogP contribution in [0.5, 0.6) is 0 Å². The zero-order valence-electron chi connectivity index (χ0n) is 10.9. The Morgan fingerprint density at radius 1 is 1.47 bits per heavy atom. The SMILES string of the molecule is CN1CCCC(CNS(=O)(=O)c2cnc(N)nc2)C1. The molecule has 1 atom stereocenters. The number of nitrogens with zero attached hydrogens (tertiary/aromatic N) is 3. The molecule has 7 nitrogen and oxygen atoms in total. The highest BCUT2D eigenvalue weighted by Crippen LogP contribution is 2.15.